The number of nitrogens with zero attached hydrogens (tertiary/aromatic N) is 1. The highest BCUT2D eigenvalue weighted by atomic mass is 32.1. The Morgan fingerprint density at radius 2 is 1.52 bits per heavy atom. The first-order valence-electron chi connectivity index (χ1n) is 9.00. The van der Waals surface area contributed by atoms with Gasteiger partial charge in [0, 0.05) is 22.8 Å². The summed E-state index contributed by atoms with van der Waals surface area (Å²) in [6, 6.07) is 17.2. The molecule has 0 spiro atoms. The molecule has 0 saturated heterocycles. The van der Waals surface area contributed by atoms with Crippen molar-refractivity contribution in [2.24, 2.45) is 4.99 Å². The standard InChI is InChI=1S/C25H17F2NS/c1-2-3-4-18-5-7-19(8-6-18)9-10-20-11-13-21(14-12-20)22-15-24(27)25(28-17-29)16-23(22)26/h2,5-8,11-16H,1,3-4H2. The van der Waals surface area contributed by atoms with Crippen molar-refractivity contribution in [1.82, 2.24) is 0 Å². The Balaban J connectivity index is 1.78. The third-order valence-corrected chi connectivity index (χ3v) is 4.43. The van der Waals surface area contributed by atoms with Gasteiger partial charge in [0.15, 0.2) is 0 Å². The Morgan fingerprint density at radius 3 is 2.10 bits per heavy atom. The van der Waals surface area contributed by atoms with Crippen LogP contribution in [0.1, 0.15) is 23.1 Å². The number of allylic oxidation sites excluding steroid dienone is 1. The fourth-order valence-corrected chi connectivity index (χ4v) is 2.89. The van der Waals surface area contributed by atoms with Gasteiger partial charge in [-0.15, -0.1) is 6.58 Å². The predicted molar refractivity (Wildman–Crippen MR) is 117 cm³/mol. The van der Waals surface area contributed by atoms with E-state index in [1.807, 2.05) is 23.4 Å². The first kappa shape index (κ1) is 20.4. The number of thiocarbonyl (C=S) groups is 1. The summed E-state index contributed by atoms with van der Waals surface area (Å²) in [6.07, 6.45) is 3.82. The molecule has 3 rings (SSSR count). The number of hydrogen-bond acceptors (Lipinski definition) is 2. The lowest BCUT2D eigenvalue weighted by Crippen LogP contribution is -1.88. The lowest BCUT2D eigenvalue weighted by atomic mass is 10.0. The van der Waals surface area contributed by atoms with Gasteiger partial charge in [0.2, 0.25) is 0 Å². The molecule has 0 unspecified atom stereocenters. The highest BCUT2D eigenvalue weighted by Crippen LogP contribution is 2.29. The van der Waals surface area contributed by atoms with E-state index in [1.165, 1.54) is 5.56 Å². The van der Waals surface area contributed by atoms with Crippen LogP contribution in [0.2, 0.25) is 0 Å². The maximum absolute atomic E-state index is 14.3. The lowest BCUT2D eigenvalue weighted by Gasteiger charge is -2.05. The van der Waals surface area contributed by atoms with Crippen LogP contribution in [0.25, 0.3) is 11.1 Å². The molecule has 0 N–H and O–H groups in total. The smallest absolute Gasteiger partial charge is 0.150 e. The largest absolute Gasteiger partial charge is 0.206 e. The van der Waals surface area contributed by atoms with Gasteiger partial charge in [-0.2, -0.15) is 4.99 Å². The molecule has 0 fully saturated rings. The number of benzene rings is 3. The highest BCUT2D eigenvalue weighted by molar-refractivity contribution is 7.78. The first-order chi connectivity index (χ1) is 14.1. The first-order valence-corrected chi connectivity index (χ1v) is 9.41. The molecular weight excluding hydrogens is 384 g/mol. The molecule has 0 aromatic heterocycles. The number of isothiocyanates is 1. The average Bonchev–Trinajstić information content (AvgIpc) is 2.74. The minimum atomic E-state index is -0.654. The normalized spacial score (nSPS) is 9.86. The van der Waals surface area contributed by atoms with E-state index in [0.717, 1.165) is 36.1 Å². The van der Waals surface area contributed by atoms with Crippen molar-refractivity contribution in [2.45, 2.75) is 12.8 Å². The second-order valence-electron chi connectivity index (χ2n) is 6.34. The quantitative estimate of drug-likeness (QED) is 0.196. The third-order valence-electron chi connectivity index (χ3n) is 4.34. The van der Waals surface area contributed by atoms with Gasteiger partial charge in [-0.1, -0.05) is 42.2 Å². The SMILES string of the molecule is C=CCCc1ccc(C#Cc2ccc(-c3cc(F)c(N=C=S)cc3F)cc2)cc1. The van der Waals surface area contributed by atoms with Crippen molar-refractivity contribution >= 4 is 23.1 Å². The van der Waals surface area contributed by atoms with E-state index in [2.05, 4.69) is 47.8 Å². The summed E-state index contributed by atoms with van der Waals surface area (Å²) >= 11 is 4.44. The van der Waals surface area contributed by atoms with Crippen LogP contribution in [0.4, 0.5) is 14.5 Å². The summed E-state index contributed by atoms with van der Waals surface area (Å²) in [7, 11) is 0. The van der Waals surface area contributed by atoms with Crippen LogP contribution in [0.15, 0.2) is 78.3 Å². The number of hydrogen-bond donors (Lipinski definition) is 0. The molecule has 0 amide bonds. The van der Waals surface area contributed by atoms with Gasteiger partial charge in [0.05, 0.1) is 5.16 Å². The molecule has 3 aromatic rings. The molecular formula is C25H17F2NS. The fourth-order valence-electron chi connectivity index (χ4n) is 2.79. The van der Waals surface area contributed by atoms with E-state index in [1.54, 1.807) is 24.3 Å². The van der Waals surface area contributed by atoms with Crippen LogP contribution in [-0.4, -0.2) is 5.16 Å². The summed E-state index contributed by atoms with van der Waals surface area (Å²) in [5.74, 6) is 4.97. The van der Waals surface area contributed by atoms with E-state index >= 15 is 0 Å². The number of aliphatic imine (C=N–C) groups is 1. The zero-order valence-corrected chi connectivity index (χ0v) is 16.4. The van der Waals surface area contributed by atoms with Crippen molar-refractivity contribution in [1.29, 1.82) is 0 Å². The minimum Gasteiger partial charge on any atom is -0.206 e. The van der Waals surface area contributed by atoms with Gasteiger partial charge in [-0.3, -0.25) is 0 Å². The molecule has 0 aliphatic heterocycles. The molecule has 0 aliphatic rings. The van der Waals surface area contributed by atoms with E-state index in [0.29, 0.717) is 5.56 Å². The molecule has 3 aromatic carbocycles. The minimum absolute atomic E-state index is 0.153. The Kier molecular flexibility index (Phi) is 6.81. The Labute approximate surface area is 174 Å². The zero-order chi connectivity index (χ0) is 20.6. The number of aryl methyl sites for hydroxylation is 1. The lowest BCUT2D eigenvalue weighted by molar-refractivity contribution is 0.605. The van der Waals surface area contributed by atoms with Gasteiger partial charge in [-0.05, 0) is 66.5 Å². The van der Waals surface area contributed by atoms with Crippen LogP contribution in [0.3, 0.4) is 0 Å². The number of rotatable bonds is 5. The van der Waals surface area contributed by atoms with E-state index in [9.17, 15) is 8.78 Å². The van der Waals surface area contributed by atoms with E-state index < -0.39 is 11.6 Å². The fraction of sp³-hybridized carbons (Fsp3) is 0.0800. The van der Waals surface area contributed by atoms with Crippen LogP contribution in [0, 0.1) is 23.5 Å². The van der Waals surface area contributed by atoms with Crippen molar-refractivity contribution in [3.63, 3.8) is 0 Å². The Bertz CT molecular complexity index is 1130. The monoisotopic (exact) mass is 401 g/mol. The maximum Gasteiger partial charge on any atom is 0.150 e. The van der Waals surface area contributed by atoms with Crippen molar-refractivity contribution in [3.8, 4) is 23.0 Å². The molecule has 0 heterocycles. The van der Waals surface area contributed by atoms with Gasteiger partial charge in [0.1, 0.15) is 17.3 Å². The van der Waals surface area contributed by atoms with Crippen LogP contribution in [-0.2, 0) is 6.42 Å². The molecule has 142 valence electrons. The van der Waals surface area contributed by atoms with Gasteiger partial charge >= 0.3 is 0 Å². The third kappa shape index (κ3) is 5.33. The summed E-state index contributed by atoms with van der Waals surface area (Å²) in [6.45, 7) is 3.73. The molecule has 0 saturated carbocycles. The second-order valence-corrected chi connectivity index (χ2v) is 6.52. The van der Waals surface area contributed by atoms with Gasteiger partial charge in [0.25, 0.3) is 0 Å². The van der Waals surface area contributed by atoms with Crippen molar-refractivity contribution in [3.05, 3.63) is 102 Å². The van der Waals surface area contributed by atoms with Crippen molar-refractivity contribution in [2.75, 3.05) is 0 Å². The molecule has 0 aliphatic carbocycles. The maximum atomic E-state index is 14.3. The number of halogens is 2. The predicted octanol–water partition coefficient (Wildman–Crippen LogP) is 6.88. The highest BCUT2D eigenvalue weighted by Gasteiger charge is 2.11. The molecule has 1 nitrogen and oxygen atoms in total. The molecule has 4 heteroatoms. The summed E-state index contributed by atoms with van der Waals surface area (Å²) in [5, 5.41) is 2.04. The molecule has 0 radical (unpaired) electrons. The summed E-state index contributed by atoms with van der Waals surface area (Å²) in [5.41, 5.74) is 3.49. The van der Waals surface area contributed by atoms with E-state index in [-0.39, 0.29) is 11.3 Å². The summed E-state index contributed by atoms with van der Waals surface area (Å²) < 4.78 is 28.3. The van der Waals surface area contributed by atoms with Gasteiger partial charge in [-0.25, -0.2) is 8.78 Å². The zero-order valence-electron chi connectivity index (χ0n) is 15.6. The topological polar surface area (TPSA) is 12.4 Å². The summed E-state index contributed by atoms with van der Waals surface area (Å²) in [4.78, 5) is 3.52. The average molecular weight is 401 g/mol. The second kappa shape index (κ2) is 9.71. The molecule has 29 heavy (non-hydrogen) atoms. The Hall–Kier alpha value is -3.38. The van der Waals surface area contributed by atoms with Gasteiger partial charge < -0.3 is 0 Å². The van der Waals surface area contributed by atoms with Crippen LogP contribution >= 0.6 is 12.2 Å². The van der Waals surface area contributed by atoms with Crippen LogP contribution in [0.5, 0.6) is 0 Å². The molecule has 0 atom stereocenters. The van der Waals surface area contributed by atoms with Crippen LogP contribution < -0.4 is 0 Å². The van der Waals surface area contributed by atoms with E-state index in [4.69, 9.17) is 0 Å². The molecule has 0 bridgehead atoms. The van der Waals surface area contributed by atoms with Crippen molar-refractivity contribution < 1.29 is 8.78 Å². The Morgan fingerprint density at radius 1 is 0.897 bits per heavy atom.